The first kappa shape index (κ1) is 9.96. The van der Waals surface area contributed by atoms with Crippen LogP contribution < -0.4 is 5.73 Å². The van der Waals surface area contributed by atoms with Crippen molar-refractivity contribution < 1.29 is 4.74 Å². The van der Waals surface area contributed by atoms with E-state index in [-0.39, 0.29) is 0 Å². The summed E-state index contributed by atoms with van der Waals surface area (Å²) in [5, 5.41) is 0. The summed E-state index contributed by atoms with van der Waals surface area (Å²) >= 11 is 0. The average molecular weight is 172 g/mol. The Morgan fingerprint density at radius 2 is 2.17 bits per heavy atom. The molecule has 0 radical (unpaired) electrons. The van der Waals surface area contributed by atoms with Crippen LogP contribution in [0.1, 0.15) is 20.3 Å². The van der Waals surface area contributed by atoms with Gasteiger partial charge in [-0.25, -0.2) is 0 Å². The molecule has 3 nitrogen and oxygen atoms in total. The fraction of sp³-hybridized carbons (Fsp3) is 1.00. The predicted molar refractivity (Wildman–Crippen MR) is 50.1 cm³/mol. The maximum atomic E-state index is 5.82. The molecule has 1 aliphatic rings. The van der Waals surface area contributed by atoms with E-state index in [2.05, 4.69) is 18.7 Å². The lowest BCUT2D eigenvalue weighted by atomic mass is 10.2. The first-order valence-corrected chi connectivity index (χ1v) is 4.67. The molecule has 0 aromatic carbocycles. The first-order chi connectivity index (χ1) is 5.65. The van der Waals surface area contributed by atoms with Gasteiger partial charge in [-0.05, 0) is 20.3 Å². The SMILES string of the molecule is COC(C)C(C)N1CCC(N)C1. The maximum absolute atomic E-state index is 5.82. The third-order valence-electron chi connectivity index (χ3n) is 2.88. The number of ether oxygens (including phenoxy) is 1. The molecule has 1 aliphatic heterocycles. The number of likely N-dealkylation sites (tertiary alicyclic amines) is 1. The standard InChI is InChI=1S/C9H20N2O/c1-7(8(2)12-3)11-5-4-9(10)6-11/h7-9H,4-6,10H2,1-3H3. The van der Waals surface area contributed by atoms with E-state index in [1.165, 1.54) is 0 Å². The lowest BCUT2D eigenvalue weighted by Crippen LogP contribution is -2.40. The van der Waals surface area contributed by atoms with Gasteiger partial charge in [0.25, 0.3) is 0 Å². The molecule has 0 bridgehead atoms. The summed E-state index contributed by atoms with van der Waals surface area (Å²) in [7, 11) is 1.76. The molecule has 12 heavy (non-hydrogen) atoms. The molecule has 0 spiro atoms. The van der Waals surface area contributed by atoms with Gasteiger partial charge >= 0.3 is 0 Å². The molecular formula is C9H20N2O. The van der Waals surface area contributed by atoms with Crippen LogP contribution in [0.3, 0.4) is 0 Å². The maximum Gasteiger partial charge on any atom is 0.0695 e. The summed E-state index contributed by atoms with van der Waals surface area (Å²) in [5.74, 6) is 0. The molecule has 72 valence electrons. The Bertz CT molecular complexity index is 140. The summed E-state index contributed by atoms with van der Waals surface area (Å²) in [6.07, 6.45) is 1.43. The van der Waals surface area contributed by atoms with Gasteiger partial charge in [0.2, 0.25) is 0 Å². The van der Waals surface area contributed by atoms with Crippen molar-refractivity contribution in [2.75, 3.05) is 20.2 Å². The van der Waals surface area contributed by atoms with Crippen molar-refractivity contribution >= 4 is 0 Å². The smallest absolute Gasteiger partial charge is 0.0695 e. The zero-order valence-corrected chi connectivity index (χ0v) is 8.29. The fourth-order valence-corrected chi connectivity index (χ4v) is 1.68. The highest BCUT2D eigenvalue weighted by Gasteiger charge is 2.26. The molecular weight excluding hydrogens is 152 g/mol. The van der Waals surface area contributed by atoms with E-state index in [9.17, 15) is 0 Å². The highest BCUT2D eigenvalue weighted by Crippen LogP contribution is 2.14. The number of rotatable bonds is 3. The number of hydrogen-bond acceptors (Lipinski definition) is 3. The Morgan fingerprint density at radius 1 is 1.50 bits per heavy atom. The van der Waals surface area contributed by atoms with E-state index in [1.54, 1.807) is 7.11 Å². The van der Waals surface area contributed by atoms with Gasteiger partial charge in [-0.15, -0.1) is 0 Å². The Kier molecular flexibility index (Phi) is 3.50. The minimum atomic E-state index is 0.301. The molecule has 3 unspecified atom stereocenters. The molecule has 3 heteroatoms. The van der Waals surface area contributed by atoms with Crippen LogP contribution in [0.2, 0.25) is 0 Å². The molecule has 0 saturated carbocycles. The van der Waals surface area contributed by atoms with Crippen LogP contribution in [0, 0.1) is 0 Å². The highest BCUT2D eigenvalue weighted by molar-refractivity contribution is 4.83. The van der Waals surface area contributed by atoms with Crippen LogP contribution in [0.25, 0.3) is 0 Å². The molecule has 0 aromatic rings. The summed E-state index contributed by atoms with van der Waals surface area (Å²) in [4.78, 5) is 2.40. The van der Waals surface area contributed by atoms with Crippen LogP contribution in [0.4, 0.5) is 0 Å². The minimum Gasteiger partial charge on any atom is -0.380 e. The summed E-state index contributed by atoms with van der Waals surface area (Å²) in [5.41, 5.74) is 5.82. The number of nitrogens with zero attached hydrogens (tertiary/aromatic N) is 1. The van der Waals surface area contributed by atoms with Crippen LogP contribution in [-0.4, -0.2) is 43.3 Å². The quantitative estimate of drug-likeness (QED) is 0.671. The van der Waals surface area contributed by atoms with Gasteiger partial charge in [0, 0.05) is 32.3 Å². The van der Waals surface area contributed by atoms with E-state index in [1.807, 2.05) is 0 Å². The number of methoxy groups -OCH3 is 1. The summed E-state index contributed by atoms with van der Waals surface area (Å²) < 4.78 is 5.28. The van der Waals surface area contributed by atoms with Crippen molar-refractivity contribution in [2.45, 2.75) is 38.5 Å². The van der Waals surface area contributed by atoms with E-state index < -0.39 is 0 Å². The van der Waals surface area contributed by atoms with Crippen LogP contribution >= 0.6 is 0 Å². The Labute approximate surface area is 74.9 Å². The molecule has 2 N–H and O–H groups in total. The van der Waals surface area contributed by atoms with E-state index in [0.29, 0.717) is 18.2 Å². The van der Waals surface area contributed by atoms with Gasteiger partial charge in [0.1, 0.15) is 0 Å². The monoisotopic (exact) mass is 172 g/mol. The van der Waals surface area contributed by atoms with Crippen molar-refractivity contribution in [2.24, 2.45) is 5.73 Å². The molecule has 1 rings (SSSR count). The van der Waals surface area contributed by atoms with Gasteiger partial charge in [-0.3, -0.25) is 4.90 Å². The Morgan fingerprint density at radius 3 is 2.58 bits per heavy atom. The molecule has 1 fully saturated rings. The molecule has 3 atom stereocenters. The van der Waals surface area contributed by atoms with Crippen LogP contribution in [0.15, 0.2) is 0 Å². The predicted octanol–water partition coefficient (Wildman–Crippen LogP) is 0.443. The van der Waals surface area contributed by atoms with E-state index in [0.717, 1.165) is 19.5 Å². The van der Waals surface area contributed by atoms with Gasteiger partial charge < -0.3 is 10.5 Å². The van der Waals surface area contributed by atoms with Crippen molar-refractivity contribution in [1.82, 2.24) is 4.90 Å². The molecule has 1 saturated heterocycles. The zero-order chi connectivity index (χ0) is 9.14. The largest absolute Gasteiger partial charge is 0.380 e. The average Bonchev–Trinajstić information content (AvgIpc) is 2.49. The Hall–Kier alpha value is -0.120. The number of hydrogen-bond donors (Lipinski definition) is 1. The summed E-state index contributed by atoms with van der Waals surface area (Å²) in [6, 6.07) is 0.861. The van der Waals surface area contributed by atoms with Crippen molar-refractivity contribution in [1.29, 1.82) is 0 Å². The third kappa shape index (κ3) is 2.19. The van der Waals surface area contributed by atoms with E-state index >= 15 is 0 Å². The Balaban J connectivity index is 2.37. The molecule has 1 heterocycles. The lowest BCUT2D eigenvalue weighted by molar-refractivity contribution is 0.0427. The molecule has 0 aromatic heterocycles. The van der Waals surface area contributed by atoms with Gasteiger partial charge in [-0.2, -0.15) is 0 Å². The summed E-state index contributed by atoms with van der Waals surface area (Å²) in [6.45, 7) is 6.45. The van der Waals surface area contributed by atoms with Crippen LogP contribution in [-0.2, 0) is 4.74 Å². The minimum absolute atomic E-state index is 0.301. The number of nitrogens with two attached hydrogens (primary N) is 1. The normalized spacial score (nSPS) is 30.5. The fourth-order valence-electron chi connectivity index (χ4n) is 1.68. The van der Waals surface area contributed by atoms with E-state index in [4.69, 9.17) is 10.5 Å². The third-order valence-corrected chi connectivity index (χ3v) is 2.88. The van der Waals surface area contributed by atoms with Crippen molar-refractivity contribution in [3.63, 3.8) is 0 Å². The van der Waals surface area contributed by atoms with Crippen LogP contribution in [0.5, 0.6) is 0 Å². The second kappa shape index (κ2) is 4.21. The van der Waals surface area contributed by atoms with Gasteiger partial charge in [0.15, 0.2) is 0 Å². The zero-order valence-electron chi connectivity index (χ0n) is 8.29. The highest BCUT2D eigenvalue weighted by atomic mass is 16.5. The van der Waals surface area contributed by atoms with Gasteiger partial charge in [0.05, 0.1) is 6.10 Å². The second-order valence-electron chi connectivity index (χ2n) is 3.73. The second-order valence-corrected chi connectivity index (χ2v) is 3.73. The van der Waals surface area contributed by atoms with Gasteiger partial charge in [-0.1, -0.05) is 0 Å². The first-order valence-electron chi connectivity index (χ1n) is 4.67. The molecule has 0 aliphatic carbocycles. The lowest BCUT2D eigenvalue weighted by Gasteiger charge is -2.28. The van der Waals surface area contributed by atoms with Crippen molar-refractivity contribution in [3.05, 3.63) is 0 Å². The van der Waals surface area contributed by atoms with Crippen molar-refractivity contribution in [3.8, 4) is 0 Å². The topological polar surface area (TPSA) is 38.5 Å². The molecule has 0 amide bonds.